The summed E-state index contributed by atoms with van der Waals surface area (Å²) in [6.07, 6.45) is 3.76. The summed E-state index contributed by atoms with van der Waals surface area (Å²) in [5.74, 6) is 0. The monoisotopic (exact) mass is 179 g/mol. The highest BCUT2D eigenvalue weighted by molar-refractivity contribution is 5.40. The van der Waals surface area contributed by atoms with E-state index in [2.05, 4.69) is 37.9 Å². The third-order valence-corrected chi connectivity index (χ3v) is 3.03. The molecule has 0 atom stereocenters. The van der Waals surface area contributed by atoms with Crippen LogP contribution < -0.4 is 4.48 Å². The first-order chi connectivity index (χ1) is 6.29. The van der Waals surface area contributed by atoms with Crippen molar-refractivity contribution in [2.24, 2.45) is 0 Å². The number of pyridine rings is 1. The molecule has 0 aliphatic heterocycles. The van der Waals surface area contributed by atoms with Gasteiger partial charge in [0.1, 0.15) is 5.69 Å². The van der Waals surface area contributed by atoms with Gasteiger partial charge in [-0.25, -0.2) is 0 Å². The summed E-state index contributed by atoms with van der Waals surface area (Å²) in [4.78, 5) is 4.05. The summed E-state index contributed by atoms with van der Waals surface area (Å²) in [7, 11) is 0. The van der Waals surface area contributed by atoms with E-state index in [9.17, 15) is 0 Å². The van der Waals surface area contributed by atoms with Crippen molar-refractivity contribution in [3.05, 3.63) is 24.5 Å². The van der Waals surface area contributed by atoms with E-state index in [4.69, 9.17) is 0 Å². The Bertz CT molecular complexity index is 231. The Balaban J connectivity index is 3.01. The zero-order chi connectivity index (χ0) is 9.73. The van der Waals surface area contributed by atoms with Crippen molar-refractivity contribution in [1.82, 2.24) is 9.47 Å². The molecular formula is C11H19N2+. The molecule has 0 N–H and O–H groups in total. The van der Waals surface area contributed by atoms with E-state index in [1.807, 2.05) is 12.4 Å². The highest BCUT2D eigenvalue weighted by atomic mass is 15.3. The number of aromatic nitrogens is 1. The van der Waals surface area contributed by atoms with Crippen LogP contribution in [0.4, 0.5) is 5.69 Å². The minimum absolute atomic E-state index is 1.06. The molecule has 13 heavy (non-hydrogen) atoms. The molecule has 1 aromatic heterocycles. The van der Waals surface area contributed by atoms with Crippen LogP contribution in [0.25, 0.3) is 0 Å². The van der Waals surface area contributed by atoms with Crippen LogP contribution in [0.3, 0.4) is 0 Å². The van der Waals surface area contributed by atoms with E-state index in [0.29, 0.717) is 0 Å². The molecule has 1 rings (SSSR count). The summed E-state index contributed by atoms with van der Waals surface area (Å²) in [6.45, 7) is 10.2. The molecule has 2 nitrogen and oxygen atoms in total. The first-order valence-corrected chi connectivity index (χ1v) is 5.05. The molecule has 0 unspecified atom stereocenters. The summed E-state index contributed by atoms with van der Waals surface area (Å²) in [5, 5.41) is 0. The maximum absolute atomic E-state index is 4.05. The average Bonchev–Trinajstić information content (AvgIpc) is 2.23. The lowest BCUT2D eigenvalue weighted by Gasteiger charge is -2.34. The van der Waals surface area contributed by atoms with Gasteiger partial charge in [-0.05, 0) is 20.8 Å². The molecule has 0 saturated heterocycles. The summed E-state index contributed by atoms with van der Waals surface area (Å²) in [5.41, 5.74) is 1.38. The van der Waals surface area contributed by atoms with E-state index in [-0.39, 0.29) is 0 Å². The number of nitrogens with zero attached hydrogens (tertiary/aromatic N) is 2. The molecule has 0 saturated carbocycles. The Morgan fingerprint density at radius 2 is 1.46 bits per heavy atom. The van der Waals surface area contributed by atoms with Gasteiger partial charge in [0.2, 0.25) is 0 Å². The van der Waals surface area contributed by atoms with E-state index in [1.54, 1.807) is 0 Å². The third kappa shape index (κ3) is 1.89. The maximum atomic E-state index is 4.05. The zero-order valence-electron chi connectivity index (χ0n) is 8.83. The maximum Gasteiger partial charge on any atom is 0.135 e. The predicted octanol–water partition coefficient (Wildman–Crippen LogP) is 2.45. The molecule has 0 amide bonds. The number of rotatable bonds is 4. The minimum Gasteiger partial charge on any atom is -0.292 e. The van der Waals surface area contributed by atoms with Gasteiger partial charge in [0.25, 0.3) is 0 Å². The fraction of sp³-hybridized carbons (Fsp3) is 0.545. The quantitative estimate of drug-likeness (QED) is 0.647. The van der Waals surface area contributed by atoms with Crippen molar-refractivity contribution < 1.29 is 0 Å². The second kappa shape index (κ2) is 4.38. The zero-order valence-corrected chi connectivity index (χ0v) is 8.83. The van der Waals surface area contributed by atoms with E-state index in [0.717, 1.165) is 24.1 Å². The molecule has 2 heteroatoms. The van der Waals surface area contributed by atoms with Gasteiger partial charge in [-0.2, -0.15) is 0 Å². The number of hydrogen-bond donors (Lipinski definition) is 0. The van der Waals surface area contributed by atoms with Gasteiger partial charge in [0.15, 0.2) is 0 Å². The normalized spacial score (nSPS) is 11.6. The van der Waals surface area contributed by atoms with Gasteiger partial charge in [0, 0.05) is 24.5 Å². The van der Waals surface area contributed by atoms with Crippen LogP contribution in [-0.4, -0.2) is 24.6 Å². The molecule has 72 valence electrons. The standard InChI is InChI=1S/C11H19N2/c1-4-13(5-2,6-3)11-7-9-12-10-8-11/h7-10H,4-6H2,1-3H3/q+1. The van der Waals surface area contributed by atoms with Crippen molar-refractivity contribution >= 4 is 5.69 Å². The van der Waals surface area contributed by atoms with Crippen LogP contribution >= 0.6 is 0 Å². The van der Waals surface area contributed by atoms with Gasteiger partial charge in [-0.3, -0.25) is 9.47 Å². The topological polar surface area (TPSA) is 12.9 Å². The van der Waals surface area contributed by atoms with Gasteiger partial charge in [-0.1, -0.05) is 0 Å². The molecule has 0 aliphatic carbocycles. The second-order valence-electron chi connectivity index (χ2n) is 3.30. The van der Waals surface area contributed by atoms with Crippen LogP contribution in [0, 0.1) is 0 Å². The molecule has 1 aromatic rings. The Kier molecular flexibility index (Phi) is 3.43. The predicted molar refractivity (Wildman–Crippen MR) is 57.7 cm³/mol. The molecule has 0 radical (unpaired) electrons. The van der Waals surface area contributed by atoms with Gasteiger partial charge < -0.3 is 0 Å². The molecule has 0 aliphatic rings. The highest BCUT2D eigenvalue weighted by Gasteiger charge is 2.23. The Morgan fingerprint density at radius 1 is 1.00 bits per heavy atom. The fourth-order valence-electron chi connectivity index (χ4n) is 1.88. The van der Waals surface area contributed by atoms with E-state index < -0.39 is 0 Å². The number of quaternary nitrogens is 1. The Morgan fingerprint density at radius 3 is 1.85 bits per heavy atom. The highest BCUT2D eigenvalue weighted by Crippen LogP contribution is 2.20. The third-order valence-electron chi connectivity index (χ3n) is 3.03. The fourth-order valence-corrected chi connectivity index (χ4v) is 1.88. The largest absolute Gasteiger partial charge is 0.292 e. The van der Waals surface area contributed by atoms with Crippen molar-refractivity contribution in [3.8, 4) is 0 Å². The van der Waals surface area contributed by atoms with Crippen molar-refractivity contribution in [3.63, 3.8) is 0 Å². The first-order valence-electron chi connectivity index (χ1n) is 5.05. The molecule has 0 fully saturated rings. The van der Waals surface area contributed by atoms with Crippen LogP contribution in [0.5, 0.6) is 0 Å². The summed E-state index contributed by atoms with van der Waals surface area (Å²) >= 11 is 0. The average molecular weight is 179 g/mol. The summed E-state index contributed by atoms with van der Waals surface area (Å²) < 4.78 is 1.06. The van der Waals surface area contributed by atoms with Crippen LogP contribution in [-0.2, 0) is 0 Å². The molecule has 0 aromatic carbocycles. The Hall–Kier alpha value is -0.890. The van der Waals surface area contributed by atoms with Crippen molar-refractivity contribution in [2.45, 2.75) is 20.8 Å². The lowest BCUT2D eigenvalue weighted by Crippen LogP contribution is -2.48. The molecular weight excluding hydrogens is 160 g/mol. The minimum atomic E-state index is 1.06. The van der Waals surface area contributed by atoms with Crippen LogP contribution in [0.2, 0.25) is 0 Å². The molecule has 0 spiro atoms. The second-order valence-corrected chi connectivity index (χ2v) is 3.30. The van der Waals surface area contributed by atoms with E-state index in [1.165, 1.54) is 5.69 Å². The lowest BCUT2D eigenvalue weighted by molar-refractivity contribution is 0.315. The summed E-state index contributed by atoms with van der Waals surface area (Å²) in [6, 6.07) is 4.24. The number of hydrogen-bond acceptors (Lipinski definition) is 1. The first kappa shape index (κ1) is 10.2. The van der Waals surface area contributed by atoms with Crippen molar-refractivity contribution in [1.29, 1.82) is 0 Å². The van der Waals surface area contributed by atoms with Crippen LogP contribution in [0.1, 0.15) is 20.8 Å². The molecule has 1 heterocycles. The van der Waals surface area contributed by atoms with Gasteiger partial charge in [-0.15, -0.1) is 0 Å². The SMILES string of the molecule is CC[N+](CC)(CC)c1ccncc1. The molecule has 0 bridgehead atoms. The van der Waals surface area contributed by atoms with Gasteiger partial charge >= 0.3 is 0 Å². The lowest BCUT2D eigenvalue weighted by atomic mass is 10.2. The van der Waals surface area contributed by atoms with E-state index >= 15 is 0 Å². The van der Waals surface area contributed by atoms with Gasteiger partial charge in [0.05, 0.1) is 19.6 Å². The smallest absolute Gasteiger partial charge is 0.135 e. The Labute approximate surface area is 80.8 Å². The van der Waals surface area contributed by atoms with Crippen LogP contribution in [0.15, 0.2) is 24.5 Å². The van der Waals surface area contributed by atoms with Crippen molar-refractivity contribution in [2.75, 3.05) is 19.6 Å².